The first-order chi connectivity index (χ1) is 8.06. The number of hydrogen-bond donors (Lipinski definition) is 1. The van der Waals surface area contributed by atoms with Crippen LogP contribution in [0.4, 0.5) is 0 Å². The normalized spacial score (nSPS) is 22.0. The molecule has 2 atom stereocenters. The third kappa shape index (κ3) is 4.22. The van der Waals surface area contributed by atoms with E-state index in [0.29, 0.717) is 0 Å². The van der Waals surface area contributed by atoms with Crippen molar-refractivity contribution >= 4 is 23.6 Å². The number of carbonyl (C=O) groups is 2. The summed E-state index contributed by atoms with van der Waals surface area (Å²) in [5, 5.41) is 2.80. The molecule has 1 aliphatic heterocycles. The smallest absolute Gasteiger partial charge is 0.328 e. The molecule has 5 heteroatoms. The molecule has 0 spiro atoms. The standard InChI is InChI=1S/C12H21NO3S/c1-8(2)10(12(15)16-3)13-11(14)9-6-4-5-7-17-9/h8-10H,4-7H2,1-3H3,(H,13,14). The second-order valence-electron chi connectivity index (χ2n) is 4.61. The van der Waals surface area contributed by atoms with E-state index in [9.17, 15) is 9.59 Å². The van der Waals surface area contributed by atoms with Crippen molar-refractivity contribution in [3.63, 3.8) is 0 Å². The van der Waals surface area contributed by atoms with Gasteiger partial charge >= 0.3 is 5.97 Å². The fraction of sp³-hybridized carbons (Fsp3) is 0.833. The van der Waals surface area contributed by atoms with Crippen LogP contribution in [0.25, 0.3) is 0 Å². The zero-order valence-corrected chi connectivity index (χ0v) is 11.5. The maximum atomic E-state index is 12.0. The van der Waals surface area contributed by atoms with Crippen LogP contribution in [0.2, 0.25) is 0 Å². The Hall–Kier alpha value is -0.710. The number of rotatable bonds is 4. The molecule has 1 heterocycles. The molecule has 0 aromatic heterocycles. The molecule has 0 saturated carbocycles. The monoisotopic (exact) mass is 259 g/mol. The Kier molecular flexibility index (Phi) is 5.82. The van der Waals surface area contributed by atoms with E-state index in [2.05, 4.69) is 5.32 Å². The maximum Gasteiger partial charge on any atom is 0.328 e. The van der Waals surface area contributed by atoms with Crippen LogP contribution >= 0.6 is 11.8 Å². The van der Waals surface area contributed by atoms with E-state index in [4.69, 9.17) is 4.74 Å². The van der Waals surface area contributed by atoms with E-state index in [-0.39, 0.29) is 23.0 Å². The fourth-order valence-electron chi connectivity index (χ4n) is 1.82. The highest BCUT2D eigenvalue weighted by Crippen LogP contribution is 2.25. The van der Waals surface area contributed by atoms with Crippen molar-refractivity contribution in [2.45, 2.75) is 44.4 Å². The van der Waals surface area contributed by atoms with E-state index in [1.54, 1.807) is 11.8 Å². The molecule has 1 fully saturated rings. The average Bonchev–Trinajstić information content (AvgIpc) is 2.35. The van der Waals surface area contributed by atoms with Gasteiger partial charge in [0.25, 0.3) is 0 Å². The molecule has 4 nitrogen and oxygen atoms in total. The molecule has 17 heavy (non-hydrogen) atoms. The van der Waals surface area contributed by atoms with Crippen LogP contribution in [0.1, 0.15) is 33.1 Å². The third-order valence-corrected chi connectivity index (χ3v) is 4.27. The first-order valence-corrected chi connectivity index (χ1v) is 7.11. The van der Waals surface area contributed by atoms with Gasteiger partial charge in [-0.15, -0.1) is 11.8 Å². The number of nitrogens with one attached hydrogen (secondary N) is 1. The summed E-state index contributed by atoms with van der Waals surface area (Å²) in [5.41, 5.74) is 0. The second-order valence-corrected chi connectivity index (χ2v) is 5.92. The summed E-state index contributed by atoms with van der Waals surface area (Å²) in [6, 6.07) is -0.532. The summed E-state index contributed by atoms with van der Waals surface area (Å²) >= 11 is 1.68. The first kappa shape index (κ1) is 14.4. The number of amides is 1. The lowest BCUT2D eigenvalue weighted by Crippen LogP contribution is -2.48. The van der Waals surface area contributed by atoms with Gasteiger partial charge in [-0.1, -0.05) is 20.3 Å². The van der Waals surface area contributed by atoms with Crippen molar-refractivity contribution in [2.24, 2.45) is 5.92 Å². The minimum Gasteiger partial charge on any atom is -0.467 e. The highest BCUT2D eigenvalue weighted by Gasteiger charge is 2.29. The Morgan fingerprint density at radius 3 is 2.53 bits per heavy atom. The van der Waals surface area contributed by atoms with Gasteiger partial charge in [0.2, 0.25) is 5.91 Å². The number of ether oxygens (including phenoxy) is 1. The Labute approximate surface area is 107 Å². The zero-order chi connectivity index (χ0) is 12.8. The van der Waals surface area contributed by atoms with E-state index in [1.165, 1.54) is 13.5 Å². The molecule has 1 saturated heterocycles. The van der Waals surface area contributed by atoms with Gasteiger partial charge in [0.1, 0.15) is 6.04 Å². The fourth-order valence-corrected chi connectivity index (χ4v) is 3.03. The van der Waals surface area contributed by atoms with Crippen LogP contribution in [-0.4, -0.2) is 36.0 Å². The Morgan fingerprint density at radius 1 is 1.35 bits per heavy atom. The largest absolute Gasteiger partial charge is 0.467 e. The molecule has 0 aromatic rings. The Balaban J connectivity index is 2.54. The van der Waals surface area contributed by atoms with Crippen LogP contribution in [-0.2, 0) is 14.3 Å². The van der Waals surface area contributed by atoms with E-state index in [0.717, 1.165) is 18.6 Å². The third-order valence-electron chi connectivity index (χ3n) is 2.89. The van der Waals surface area contributed by atoms with Crippen molar-refractivity contribution in [3.05, 3.63) is 0 Å². The lowest BCUT2D eigenvalue weighted by molar-refractivity contribution is -0.146. The number of carbonyl (C=O) groups excluding carboxylic acids is 2. The SMILES string of the molecule is COC(=O)C(NC(=O)C1CCCCS1)C(C)C. The number of methoxy groups -OCH3 is 1. The second kappa shape index (κ2) is 6.89. The van der Waals surface area contributed by atoms with Crippen LogP contribution in [0.15, 0.2) is 0 Å². The van der Waals surface area contributed by atoms with Crippen molar-refractivity contribution < 1.29 is 14.3 Å². The predicted octanol–water partition coefficient (Wildman–Crippen LogP) is 1.59. The van der Waals surface area contributed by atoms with E-state index >= 15 is 0 Å². The molecular formula is C12H21NO3S. The van der Waals surface area contributed by atoms with Gasteiger partial charge in [-0.05, 0) is 24.5 Å². The van der Waals surface area contributed by atoms with Gasteiger partial charge in [-0.25, -0.2) is 4.79 Å². The molecule has 2 unspecified atom stereocenters. The quantitative estimate of drug-likeness (QED) is 0.779. The van der Waals surface area contributed by atoms with Crippen molar-refractivity contribution in [1.82, 2.24) is 5.32 Å². The molecule has 1 amide bonds. The summed E-state index contributed by atoms with van der Waals surface area (Å²) in [7, 11) is 1.35. The van der Waals surface area contributed by atoms with E-state index in [1.807, 2.05) is 13.8 Å². The van der Waals surface area contributed by atoms with Gasteiger partial charge < -0.3 is 10.1 Å². The maximum absolute atomic E-state index is 12.0. The summed E-state index contributed by atoms with van der Waals surface area (Å²) in [4.78, 5) is 23.5. The number of hydrogen-bond acceptors (Lipinski definition) is 4. The predicted molar refractivity (Wildman–Crippen MR) is 68.9 cm³/mol. The number of esters is 1. The molecule has 1 rings (SSSR count). The molecule has 0 aliphatic carbocycles. The van der Waals surface area contributed by atoms with Crippen molar-refractivity contribution in [3.8, 4) is 0 Å². The van der Waals surface area contributed by atoms with Crippen molar-refractivity contribution in [2.75, 3.05) is 12.9 Å². The zero-order valence-electron chi connectivity index (χ0n) is 10.7. The lowest BCUT2D eigenvalue weighted by Gasteiger charge is -2.25. The van der Waals surface area contributed by atoms with Gasteiger partial charge in [0.05, 0.1) is 12.4 Å². The summed E-state index contributed by atoms with van der Waals surface area (Å²) in [6.07, 6.45) is 3.18. The lowest BCUT2D eigenvalue weighted by atomic mass is 10.0. The molecule has 0 radical (unpaired) electrons. The average molecular weight is 259 g/mol. The minimum atomic E-state index is -0.532. The summed E-state index contributed by atoms with van der Waals surface area (Å²) < 4.78 is 4.70. The van der Waals surface area contributed by atoms with E-state index < -0.39 is 6.04 Å². The molecule has 0 aromatic carbocycles. The van der Waals surface area contributed by atoms with Gasteiger partial charge in [0.15, 0.2) is 0 Å². The molecule has 1 aliphatic rings. The van der Waals surface area contributed by atoms with Crippen LogP contribution in [0.5, 0.6) is 0 Å². The Morgan fingerprint density at radius 2 is 2.06 bits per heavy atom. The summed E-state index contributed by atoms with van der Waals surface area (Å²) in [5.74, 6) is 0.677. The van der Waals surface area contributed by atoms with Crippen LogP contribution in [0, 0.1) is 5.92 Å². The van der Waals surface area contributed by atoms with Gasteiger partial charge in [-0.3, -0.25) is 4.79 Å². The van der Waals surface area contributed by atoms with Crippen LogP contribution < -0.4 is 5.32 Å². The first-order valence-electron chi connectivity index (χ1n) is 6.06. The topological polar surface area (TPSA) is 55.4 Å². The summed E-state index contributed by atoms with van der Waals surface area (Å²) in [6.45, 7) is 3.80. The van der Waals surface area contributed by atoms with Gasteiger partial charge in [-0.2, -0.15) is 0 Å². The highest BCUT2D eigenvalue weighted by atomic mass is 32.2. The van der Waals surface area contributed by atoms with Crippen molar-refractivity contribution in [1.29, 1.82) is 0 Å². The van der Waals surface area contributed by atoms with Crippen LogP contribution in [0.3, 0.4) is 0 Å². The highest BCUT2D eigenvalue weighted by molar-refractivity contribution is 8.00. The molecule has 98 valence electrons. The Bertz CT molecular complexity index is 275. The number of thioether (sulfide) groups is 1. The molecule has 0 bridgehead atoms. The molecular weight excluding hydrogens is 238 g/mol. The minimum absolute atomic E-state index is 0.00495. The molecule has 1 N–H and O–H groups in total. The van der Waals surface area contributed by atoms with Gasteiger partial charge in [0, 0.05) is 0 Å².